The molecule has 21 heavy (non-hydrogen) atoms. The summed E-state index contributed by atoms with van der Waals surface area (Å²) in [6.07, 6.45) is 0.626. The summed E-state index contributed by atoms with van der Waals surface area (Å²) in [5, 5.41) is 0. The third kappa shape index (κ3) is 9.12. The van der Waals surface area contributed by atoms with Gasteiger partial charge in [0.15, 0.2) is 9.76 Å². The van der Waals surface area contributed by atoms with E-state index in [1.54, 1.807) is 6.92 Å². The number of esters is 1. The number of carbonyl (C=O) groups is 1. The lowest BCUT2D eigenvalue weighted by Gasteiger charge is -2.28. The van der Waals surface area contributed by atoms with Crippen molar-refractivity contribution in [2.24, 2.45) is 0 Å². The Bertz CT molecular complexity index is 360. The fourth-order valence-corrected chi connectivity index (χ4v) is 3.37. The minimum atomic E-state index is -1.89. The van der Waals surface area contributed by atoms with E-state index >= 15 is 0 Å². The molecule has 0 aromatic carbocycles. The van der Waals surface area contributed by atoms with Gasteiger partial charge < -0.3 is 18.4 Å². The maximum atomic E-state index is 12.2. The molecule has 0 amide bonds. The summed E-state index contributed by atoms with van der Waals surface area (Å²) in [5.41, 5.74) is -0.00628. The van der Waals surface area contributed by atoms with E-state index in [9.17, 15) is 9.59 Å². The Morgan fingerprint density at radius 1 is 1.10 bits per heavy atom. The third-order valence-corrected chi connectivity index (χ3v) is 5.09. The van der Waals surface area contributed by atoms with E-state index in [4.69, 9.17) is 13.6 Å². The van der Waals surface area contributed by atoms with Crippen LogP contribution in [0.25, 0.3) is 0 Å². The van der Waals surface area contributed by atoms with Crippen LogP contribution in [0, 0.1) is 0 Å². The second-order valence-corrected chi connectivity index (χ2v) is 17.1. The zero-order chi connectivity index (χ0) is 16.8. The molecule has 0 saturated carbocycles. The first-order chi connectivity index (χ1) is 9.39. The summed E-state index contributed by atoms with van der Waals surface area (Å²) >= 11 is 0. The minimum absolute atomic E-state index is 0.299. The van der Waals surface area contributed by atoms with Gasteiger partial charge >= 0.3 is 5.97 Å². The van der Waals surface area contributed by atoms with Crippen molar-refractivity contribution in [1.82, 2.24) is 0 Å². The number of rotatable bonds is 8. The molecule has 124 valence electrons. The Morgan fingerprint density at radius 2 is 1.52 bits per heavy atom. The van der Waals surface area contributed by atoms with Crippen molar-refractivity contribution in [3.05, 3.63) is 11.5 Å². The summed E-state index contributed by atoms with van der Waals surface area (Å²) in [4.78, 5) is 21.5. The number of carbonyl (C=O) groups excluding carboxylic acids is 1. The van der Waals surface area contributed by atoms with Crippen LogP contribution in [0.15, 0.2) is 11.5 Å². The molecular formula is C13H30O5Si3. The van der Waals surface area contributed by atoms with Gasteiger partial charge in [0.1, 0.15) is 11.3 Å². The quantitative estimate of drug-likeness (QED) is 0.315. The maximum absolute atomic E-state index is 12.2. The highest BCUT2D eigenvalue weighted by Crippen LogP contribution is 2.21. The molecular weight excluding hydrogens is 320 g/mol. The first kappa shape index (κ1) is 20.4. The summed E-state index contributed by atoms with van der Waals surface area (Å²) in [5.74, 6) is -0.164. The second kappa shape index (κ2) is 8.16. The molecule has 0 spiro atoms. The molecule has 8 heteroatoms. The molecule has 0 aromatic rings. The van der Waals surface area contributed by atoms with Crippen LogP contribution in [0.4, 0.5) is 0 Å². The molecule has 0 fully saturated rings. The largest absolute Gasteiger partial charge is 0.520 e. The highest BCUT2D eigenvalue weighted by molar-refractivity contribution is 6.71. The Balaban J connectivity index is 5.27. The molecule has 1 atom stereocenters. The Labute approximate surface area is 132 Å². The van der Waals surface area contributed by atoms with E-state index < -0.39 is 32.4 Å². The number of hydrogen-bond acceptors (Lipinski definition) is 5. The lowest BCUT2D eigenvalue weighted by Crippen LogP contribution is -2.33. The highest BCUT2D eigenvalue weighted by atomic mass is 28.4. The number of ether oxygens (including phenoxy) is 1. The zero-order valence-electron chi connectivity index (χ0n) is 14.6. The average molecular weight is 351 g/mol. The standard InChI is InChI=1S/C13H30O5Si3/c1-9-11(19-15)16-12(14)10(2)13(17-20(3,4)5)18-21(6,7)8/h11,15H,9,19H2,1-8H3. The van der Waals surface area contributed by atoms with E-state index in [0.717, 1.165) is 0 Å². The van der Waals surface area contributed by atoms with Crippen molar-refractivity contribution >= 4 is 32.4 Å². The van der Waals surface area contributed by atoms with E-state index in [0.29, 0.717) is 17.9 Å². The van der Waals surface area contributed by atoms with Crippen molar-refractivity contribution in [3.8, 4) is 0 Å². The Kier molecular flexibility index (Phi) is 7.93. The monoisotopic (exact) mass is 350 g/mol. The SMILES string of the molecule is CCC(OC(=O)C(C)=C(O[Si](C)(C)C)O[Si](C)(C)C)[SiH2]O. The van der Waals surface area contributed by atoms with Gasteiger partial charge in [0.25, 0.3) is 5.95 Å². The van der Waals surface area contributed by atoms with Crippen LogP contribution in [0.5, 0.6) is 0 Å². The molecule has 0 aliphatic rings. The van der Waals surface area contributed by atoms with Crippen molar-refractivity contribution in [2.45, 2.75) is 65.3 Å². The first-order valence-electron chi connectivity index (χ1n) is 7.30. The smallest absolute Gasteiger partial charge is 0.340 e. The molecule has 0 rings (SSSR count). The van der Waals surface area contributed by atoms with Gasteiger partial charge in [0.05, 0.1) is 0 Å². The fourth-order valence-electron chi connectivity index (χ4n) is 1.30. The average Bonchev–Trinajstić information content (AvgIpc) is 2.30. The maximum Gasteiger partial charge on any atom is 0.340 e. The minimum Gasteiger partial charge on any atom is -0.520 e. The molecule has 1 unspecified atom stereocenters. The van der Waals surface area contributed by atoms with Crippen LogP contribution in [0.2, 0.25) is 39.3 Å². The molecule has 0 aliphatic heterocycles. The lowest BCUT2D eigenvalue weighted by atomic mass is 10.3. The summed E-state index contributed by atoms with van der Waals surface area (Å²) in [6.45, 7) is 15.8. The predicted molar refractivity (Wildman–Crippen MR) is 92.5 cm³/mol. The van der Waals surface area contributed by atoms with Crippen LogP contribution in [-0.4, -0.2) is 42.9 Å². The van der Waals surface area contributed by atoms with Gasteiger partial charge in [0, 0.05) is 0 Å². The van der Waals surface area contributed by atoms with Crippen molar-refractivity contribution in [3.63, 3.8) is 0 Å². The first-order valence-corrected chi connectivity index (χ1v) is 15.6. The lowest BCUT2D eigenvalue weighted by molar-refractivity contribution is -0.141. The third-order valence-electron chi connectivity index (χ3n) is 2.34. The molecule has 0 heterocycles. The van der Waals surface area contributed by atoms with Gasteiger partial charge in [-0.3, -0.25) is 0 Å². The van der Waals surface area contributed by atoms with Crippen molar-refractivity contribution < 1.29 is 23.2 Å². The van der Waals surface area contributed by atoms with Crippen molar-refractivity contribution in [2.75, 3.05) is 0 Å². The topological polar surface area (TPSA) is 65.0 Å². The Morgan fingerprint density at radius 3 is 1.81 bits per heavy atom. The Hall–Kier alpha value is -0.579. The summed E-state index contributed by atoms with van der Waals surface area (Å²) in [6, 6.07) is 0. The zero-order valence-corrected chi connectivity index (χ0v) is 18.0. The molecule has 0 bridgehead atoms. The molecule has 0 saturated heterocycles. The molecule has 0 aromatic heterocycles. The van der Waals surface area contributed by atoms with E-state index in [2.05, 4.69) is 0 Å². The van der Waals surface area contributed by atoms with Gasteiger partial charge in [-0.1, -0.05) is 6.92 Å². The van der Waals surface area contributed by atoms with Gasteiger partial charge in [0.2, 0.25) is 16.6 Å². The van der Waals surface area contributed by atoms with E-state index in [1.165, 1.54) is 0 Å². The predicted octanol–water partition coefficient (Wildman–Crippen LogP) is 2.28. The van der Waals surface area contributed by atoms with Gasteiger partial charge in [-0.25, -0.2) is 4.79 Å². The van der Waals surface area contributed by atoms with E-state index in [-0.39, 0.29) is 5.73 Å². The van der Waals surface area contributed by atoms with Crippen LogP contribution in [0.1, 0.15) is 20.3 Å². The summed E-state index contributed by atoms with van der Waals surface area (Å²) in [7, 11) is -5.16. The van der Waals surface area contributed by atoms with Crippen LogP contribution in [0.3, 0.4) is 0 Å². The van der Waals surface area contributed by atoms with Crippen molar-refractivity contribution in [1.29, 1.82) is 0 Å². The summed E-state index contributed by atoms with van der Waals surface area (Å²) < 4.78 is 17.2. The van der Waals surface area contributed by atoms with Crippen LogP contribution in [-0.2, 0) is 18.4 Å². The normalized spacial score (nSPS) is 14.0. The van der Waals surface area contributed by atoms with Crippen LogP contribution >= 0.6 is 0 Å². The number of hydrogen-bond donors (Lipinski definition) is 1. The molecule has 0 radical (unpaired) electrons. The molecule has 1 N–H and O–H groups in total. The van der Waals surface area contributed by atoms with Gasteiger partial charge in [-0.05, 0) is 52.6 Å². The fraction of sp³-hybridized carbons (Fsp3) is 0.769. The highest BCUT2D eigenvalue weighted by Gasteiger charge is 2.28. The van der Waals surface area contributed by atoms with Gasteiger partial charge in [-0.15, -0.1) is 0 Å². The molecule has 5 nitrogen and oxygen atoms in total. The van der Waals surface area contributed by atoms with Gasteiger partial charge in [-0.2, -0.15) is 0 Å². The van der Waals surface area contributed by atoms with Crippen LogP contribution < -0.4 is 0 Å². The molecule has 0 aliphatic carbocycles. The second-order valence-electron chi connectivity index (χ2n) is 6.96. The van der Waals surface area contributed by atoms with E-state index in [1.807, 2.05) is 46.2 Å².